The molecule has 0 radical (unpaired) electrons. The highest BCUT2D eigenvalue weighted by molar-refractivity contribution is 5.99. The van der Waals surface area contributed by atoms with Crippen LogP contribution >= 0.6 is 0 Å². The van der Waals surface area contributed by atoms with Crippen molar-refractivity contribution >= 4 is 11.6 Å². The Labute approximate surface area is 214 Å². The van der Waals surface area contributed by atoms with Crippen LogP contribution in [0.5, 0.6) is 11.5 Å². The first kappa shape index (κ1) is 27.8. The average Bonchev–Trinajstić information content (AvgIpc) is 2.87. The van der Waals surface area contributed by atoms with Gasteiger partial charge in [-0.25, -0.2) is 0 Å². The highest BCUT2D eigenvalue weighted by Crippen LogP contribution is 2.49. The number of nitrogens with two attached hydrogens (primary N) is 1. The molecule has 1 fully saturated rings. The number of carbonyl (C=O) groups is 2. The standard InChI is InChI=1S/C29H42N2O5/c1-3-4-5-6-7-8-21(33)17-22(34)11-9-19-15-25(28(35)26(16-19)36-2)27-20(18-32)10-12-24-23(27)13-14-31-29(24)30/h13,15-16,20,27,31-32,35H,3-12,14,17-18,30H2,1-2H3/t20-,27-/m1/s1. The summed E-state index contributed by atoms with van der Waals surface area (Å²) in [5.74, 6) is 0.709. The summed E-state index contributed by atoms with van der Waals surface area (Å²) < 4.78 is 5.47. The van der Waals surface area contributed by atoms with Crippen LogP contribution in [-0.2, 0) is 16.0 Å². The zero-order valence-corrected chi connectivity index (χ0v) is 21.8. The molecule has 1 heterocycles. The fraction of sp³-hybridized carbons (Fsp3) is 0.586. The van der Waals surface area contributed by atoms with Crippen LogP contribution in [0, 0.1) is 5.92 Å². The second-order valence-corrected chi connectivity index (χ2v) is 10.0. The first-order valence-corrected chi connectivity index (χ1v) is 13.4. The van der Waals surface area contributed by atoms with E-state index in [1.807, 2.05) is 6.07 Å². The summed E-state index contributed by atoms with van der Waals surface area (Å²) >= 11 is 0. The van der Waals surface area contributed by atoms with E-state index in [0.717, 1.165) is 48.8 Å². The summed E-state index contributed by atoms with van der Waals surface area (Å²) in [6, 6.07) is 3.66. The quantitative estimate of drug-likeness (QED) is 0.221. The second-order valence-electron chi connectivity index (χ2n) is 10.0. The number of phenolic OH excluding ortho intramolecular Hbond substituents is 1. The molecular weight excluding hydrogens is 456 g/mol. The van der Waals surface area contributed by atoms with Crippen molar-refractivity contribution in [3.05, 3.63) is 46.3 Å². The largest absolute Gasteiger partial charge is 0.504 e. The van der Waals surface area contributed by atoms with Crippen LogP contribution in [0.15, 0.2) is 35.2 Å². The third-order valence-electron chi connectivity index (χ3n) is 7.46. The molecule has 5 N–H and O–H groups in total. The van der Waals surface area contributed by atoms with Crippen molar-refractivity contribution in [3.63, 3.8) is 0 Å². The van der Waals surface area contributed by atoms with Gasteiger partial charge in [-0.15, -0.1) is 0 Å². The van der Waals surface area contributed by atoms with Gasteiger partial charge in [-0.05, 0) is 54.4 Å². The van der Waals surface area contributed by atoms with Crippen LogP contribution in [0.4, 0.5) is 0 Å². The van der Waals surface area contributed by atoms with E-state index in [0.29, 0.717) is 36.5 Å². The zero-order valence-electron chi connectivity index (χ0n) is 21.8. The van der Waals surface area contributed by atoms with E-state index in [-0.39, 0.29) is 48.6 Å². The lowest BCUT2D eigenvalue weighted by Gasteiger charge is -2.38. The Balaban J connectivity index is 1.72. The molecule has 2 aliphatic rings. The lowest BCUT2D eigenvalue weighted by Crippen LogP contribution is -2.33. The molecule has 1 aliphatic heterocycles. The van der Waals surface area contributed by atoms with Crippen molar-refractivity contribution in [1.82, 2.24) is 5.32 Å². The van der Waals surface area contributed by atoms with Crippen molar-refractivity contribution < 1.29 is 24.5 Å². The number of allylic oxidation sites excluding steroid dienone is 2. The van der Waals surface area contributed by atoms with Gasteiger partial charge in [-0.1, -0.05) is 44.7 Å². The molecule has 0 unspecified atom stereocenters. The predicted molar refractivity (Wildman–Crippen MR) is 141 cm³/mol. The van der Waals surface area contributed by atoms with Gasteiger partial charge in [0.1, 0.15) is 11.6 Å². The Kier molecular flexibility index (Phi) is 10.4. The molecule has 36 heavy (non-hydrogen) atoms. The van der Waals surface area contributed by atoms with Gasteiger partial charge in [0.25, 0.3) is 0 Å². The van der Waals surface area contributed by atoms with E-state index in [9.17, 15) is 19.8 Å². The number of rotatable bonds is 14. The number of methoxy groups -OCH3 is 1. The van der Waals surface area contributed by atoms with Gasteiger partial charge < -0.3 is 26.0 Å². The molecule has 3 rings (SSSR count). The highest BCUT2D eigenvalue weighted by Gasteiger charge is 2.37. The predicted octanol–water partition coefficient (Wildman–Crippen LogP) is 4.41. The fourth-order valence-electron chi connectivity index (χ4n) is 5.45. The molecule has 0 bridgehead atoms. The van der Waals surface area contributed by atoms with Gasteiger partial charge in [0.2, 0.25) is 0 Å². The second kappa shape index (κ2) is 13.5. The molecule has 198 valence electrons. The molecular formula is C29H42N2O5. The molecule has 1 aliphatic carbocycles. The molecule has 0 aromatic heterocycles. The monoisotopic (exact) mass is 498 g/mol. The van der Waals surface area contributed by atoms with Gasteiger partial charge >= 0.3 is 0 Å². The number of aryl methyl sites for hydroxylation is 1. The molecule has 1 aromatic rings. The van der Waals surface area contributed by atoms with Crippen molar-refractivity contribution in [2.24, 2.45) is 11.7 Å². The summed E-state index contributed by atoms with van der Waals surface area (Å²) in [6.07, 6.45) is 10.1. The summed E-state index contributed by atoms with van der Waals surface area (Å²) in [5, 5.41) is 24.4. The topological polar surface area (TPSA) is 122 Å². The number of carbonyl (C=O) groups excluding carboxylic acids is 2. The third-order valence-corrected chi connectivity index (χ3v) is 7.46. The molecule has 1 saturated carbocycles. The lowest BCUT2D eigenvalue weighted by molar-refractivity contribution is -0.127. The maximum absolute atomic E-state index is 12.5. The SMILES string of the molecule is CCCCCCCC(=O)CC(=O)CCc1cc(OC)c(O)c([C@H]2C3=CCNC(N)=C3CC[C@@H]2CO)c1. The number of dihydropyridines is 1. The molecule has 2 atom stereocenters. The highest BCUT2D eigenvalue weighted by atomic mass is 16.5. The number of benzene rings is 1. The van der Waals surface area contributed by atoms with E-state index >= 15 is 0 Å². The number of ether oxygens (including phenoxy) is 1. The third kappa shape index (κ3) is 6.90. The lowest BCUT2D eigenvalue weighted by atomic mass is 9.69. The Bertz CT molecular complexity index is 998. The Hall–Kier alpha value is -2.80. The minimum absolute atomic E-state index is 0.00630. The number of hydrogen-bond acceptors (Lipinski definition) is 7. The number of unbranched alkanes of at least 4 members (excludes halogenated alkanes) is 4. The molecule has 7 nitrogen and oxygen atoms in total. The molecule has 0 amide bonds. The van der Waals surface area contributed by atoms with Gasteiger partial charge in [-0.2, -0.15) is 0 Å². The van der Waals surface area contributed by atoms with Gasteiger partial charge in [0.15, 0.2) is 11.5 Å². The molecule has 0 spiro atoms. The van der Waals surface area contributed by atoms with E-state index in [1.165, 1.54) is 20.0 Å². The molecule has 7 heteroatoms. The first-order chi connectivity index (χ1) is 17.4. The maximum atomic E-state index is 12.5. The van der Waals surface area contributed by atoms with Crippen LogP contribution < -0.4 is 15.8 Å². The number of aromatic hydroxyl groups is 1. The van der Waals surface area contributed by atoms with Crippen molar-refractivity contribution in [1.29, 1.82) is 0 Å². The normalized spacial score (nSPS) is 19.4. The Morgan fingerprint density at radius 3 is 2.61 bits per heavy atom. The number of fused-ring (bicyclic) bond motifs is 1. The zero-order chi connectivity index (χ0) is 26.1. The first-order valence-electron chi connectivity index (χ1n) is 13.4. The van der Waals surface area contributed by atoms with E-state index in [2.05, 4.69) is 18.3 Å². The van der Waals surface area contributed by atoms with Crippen LogP contribution in [0.2, 0.25) is 0 Å². The number of ketones is 2. The van der Waals surface area contributed by atoms with Crippen LogP contribution in [0.1, 0.15) is 88.2 Å². The smallest absolute Gasteiger partial charge is 0.161 e. The van der Waals surface area contributed by atoms with Crippen LogP contribution in [0.25, 0.3) is 0 Å². The minimum atomic E-state index is -0.224. The Morgan fingerprint density at radius 1 is 1.14 bits per heavy atom. The number of aliphatic hydroxyl groups is 1. The summed E-state index contributed by atoms with van der Waals surface area (Å²) in [7, 11) is 1.50. The Morgan fingerprint density at radius 2 is 1.89 bits per heavy atom. The minimum Gasteiger partial charge on any atom is -0.504 e. The van der Waals surface area contributed by atoms with Gasteiger partial charge in [-0.3, -0.25) is 9.59 Å². The van der Waals surface area contributed by atoms with E-state index in [4.69, 9.17) is 10.5 Å². The van der Waals surface area contributed by atoms with E-state index in [1.54, 1.807) is 6.07 Å². The number of Topliss-reactive ketones (excluding diaryl/α,β-unsaturated/α-hetero) is 2. The maximum Gasteiger partial charge on any atom is 0.161 e. The summed E-state index contributed by atoms with van der Waals surface area (Å²) in [5.41, 5.74) is 9.83. The van der Waals surface area contributed by atoms with Crippen molar-refractivity contribution in [2.45, 2.75) is 83.5 Å². The number of hydrogen-bond donors (Lipinski definition) is 4. The fourth-order valence-corrected chi connectivity index (χ4v) is 5.45. The number of nitrogens with one attached hydrogen (secondary N) is 1. The summed E-state index contributed by atoms with van der Waals surface area (Å²) in [4.78, 5) is 24.7. The van der Waals surface area contributed by atoms with Crippen LogP contribution in [-0.4, -0.2) is 42.0 Å². The van der Waals surface area contributed by atoms with Crippen molar-refractivity contribution in [3.8, 4) is 11.5 Å². The molecule has 1 aromatic carbocycles. The van der Waals surface area contributed by atoms with Gasteiger partial charge in [0.05, 0.1) is 19.4 Å². The van der Waals surface area contributed by atoms with Crippen molar-refractivity contribution in [2.75, 3.05) is 20.3 Å². The number of phenols is 1. The van der Waals surface area contributed by atoms with Gasteiger partial charge in [0, 0.05) is 37.5 Å². The average molecular weight is 499 g/mol. The molecule has 0 saturated heterocycles. The van der Waals surface area contributed by atoms with E-state index < -0.39 is 0 Å². The summed E-state index contributed by atoms with van der Waals surface area (Å²) in [6.45, 7) is 2.75. The van der Waals surface area contributed by atoms with Crippen LogP contribution in [0.3, 0.4) is 0 Å². The number of aliphatic hydroxyl groups excluding tert-OH is 1.